The van der Waals surface area contributed by atoms with Gasteiger partial charge in [0.15, 0.2) is 5.16 Å². The number of aromatic nitrogens is 3. The lowest BCUT2D eigenvalue weighted by atomic mass is 9.53. The summed E-state index contributed by atoms with van der Waals surface area (Å²) in [7, 11) is 0. The lowest BCUT2D eigenvalue weighted by Crippen LogP contribution is -2.61. The summed E-state index contributed by atoms with van der Waals surface area (Å²) in [6, 6.07) is 3.42. The van der Waals surface area contributed by atoms with Crippen LogP contribution in [0.5, 0.6) is 0 Å². The molecule has 182 valence electrons. The number of amides is 3. The van der Waals surface area contributed by atoms with Crippen molar-refractivity contribution >= 4 is 29.6 Å². The molecule has 1 aliphatic heterocycles. The van der Waals surface area contributed by atoms with Crippen molar-refractivity contribution in [2.45, 2.75) is 68.6 Å². The highest BCUT2D eigenvalue weighted by molar-refractivity contribution is 7.99. The van der Waals surface area contributed by atoms with Crippen molar-refractivity contribution in [2.24, 2.45) is 17.8 Å². The third-order valence-corrected chi connectivity index (χ3v) is 8.95. The average Bonchev–Trinajstić information content (AvgIpc) is 3.54. The number of furan rings is 1. The number of imide groups is 1. The minimum absolute atomic E-state index is 0.102. The number of hydrogen-bond donors (Lipinski definition) is 2. The topological polar surface area (TPSA) is 105 Å². The maximum atomic E-state index is 12.7. The molecule has 0 aromatic carbocycles. The molecule has 2 aromatic heterocycles. The molecule has 4 aliphatic carbocycles. The largest absolute Gasteiger partial charge is 0.467 e. The van der Waals surface area contributed by atoms with Crippen LogP contribution >= 0.6 is 11.8 Å². The Labute approximate surface area is 203 Å². The van der Waals surface area contributed by atoms with Crippen molar-refractivity contribution < 1.29 is 14.0 Å². The van der Waals surface area contributed by atoms with Gasteiger partial charge in [-0.25, -0.2) is 4.79 Å². The number of nitrogens with zero attached hydrogens (tertiary/aromatic N) is 4. The molecule has 34 heavy (non-hydrogen) atoms. The first-order valence-electron chi connectivity index (χ1n) is 12.5. The molecular formula is C24H32N6O3S. The molecule has 2 N–H and O–H groups in total. The van der Waals surface area contributed by atoms with Gasteiger partial charge in [0.25, 0.3) is 0 Å². The predicted octanol–water partition coefficient (Wildman–Crippen LogP) is 3.41. The lowest BCUT2D eigenvalue weighted by molar-refractivity contribution is -0.117. The average molecular weight is 485 g/mol. The van der Waals surface area contributed by atoms with E-state index in [1.807, 2.05) is 16.7 Å². The van der Waals surface area contributed by atoms with E-state index in [1.54, 1.807) is 6.26 Å². The second-order valence-corrected chi connectivity index (χ2v) is 11.6. The van der Waals surface area contributed by atoms with Crippen LogP contribution in [0.4, 0.5) is 10.7 Å². The van der Waals surface area contributed by atoms with Gasteiger partial charge < -0.3 is 14.6 Å². The zero-order chi connectivity index (χ0) is 23.1. The molecule has 4 saturated carbocycles. The Morgan fingerprint density at radius 2 is 1.79 bits per heavy atom. The molecule has 5 aliphatic rings. The molecule has 10 heteroatoms. The number of hydrogen-bond acceptors (Lipinski definition) is 7. The number of carbonyl (C=O) groups is 2. The molecule has 7 rings (SSSR count). The van der Waals surface area contributed by atoms with Gasteiger partial charge in [0, 0.05) is 18.6 Å². The number of nitrogens with one attached hydrogen (secondary N) is 2. The van der Waals surface area contributed by atoms with E-state index in [1.165, 1.54) is 31.0 Å². The minimum atomic E-state index is -0.359. The molecule has 2 aromatic rings. The summed E-state index contributed by atoms with van der Waals surface area (Å²) in [5.41, 5.74) is -0.111. The third-order valence-electron chi connectivity index (χ3n) is 7.98. The Morgan fingerprint density at radius 1 is 1.09 bits per heavy atom. The minimum Gasteiger partial charge on any atom is -0.467 e. The maximum Gasteiger partial charge on any atom is 0.321 e. The van der Waals surface area contributed by atoms with Gasteiger partial charge in [-0.2, -0.15) is 0 Å². The van der Waals surface area contributed by atoms with Crippen LogP contribution in [-0.2, 0) is 11.3 Å². The van der Waals surface area contributed by atoms with Crippen molar-refractivity contribution in [3.05, 3.63) is 24.2 Å². The second-order valence-electron chi connectivity index (χ2n) is 10.6. The number of carbonyl (C=O) groups excluding carboxylic acids is 2. The number of rotatable bonds is 7. The van der Waals surface area contributed by atoms with Crippen LogP contribution in [0, 0.1) is 17.8 Å². The van der Waals surface area contributed by atoms with Crippen LogP contribution in [-0.4, -0.2) is 51.1 Å². The van der Waals surface area contributed by atoms with Gasteiger partial charge in [-0.05, 0) is 81.3 Å². The number of urea groups is 1. The van der Waals surface area contributed by atoms with Gasteiger partial charge in [0.2, 0.25) is 11.9 Å². The lowest BCUT2D eigenvalue weighted by Gasteiger charge is -2.56. The highest BCUT2D eigenvalue weighted by Crippen LogP contribution is 2.55. The number of thioether (sulfide) groups is 1. The summed E-state index contributed by atoms with van der Waals surface area (Å²) in [6.07, 6.45) is 11.1. The molecule has 3 heterocycles. The zero-order valence-corrected chi connectivity index (χ0v) is 20.2. The van der Waals surface area contributed by atoms with E-state index in [2.05, 4.69) is 25.7 Å². The Kier molecular flexibility index (Phi) is 5.79. The molecule has 4 bridgehead atoms. The molecule has 3 amide bonds. The van der Waals surface area contributed by atoms with Gasteiger partial charge in [-0.3, -0.25) is 14.7 Å². The summed E-state index contributed by atoms with van der Waals surface area (Å²) >= 11 is 1.30. The standard InChI is InChI=1S/C24H32N6O3S/c31-20(25-21(32)26-24-11-16-8-17(12-24)10-18(9-16)13-24)15-34-23-28-27-22(29-5-1-2-6-29)30(23)14-19-4-3-7-33-19/h3-4,7,16-18H,1-2,5-6,8-15H2,(H2,25,26,31,32). The summed E-state index contributed by atoms with van der Waals surface area (Å²) in [4.78, 5) is 27.5. The SMILES string of the molecule is O=C(CSc1nnc(N2CCCC2)n1Cc1ccco1)NC(=O)NC12CC3CC(CC(C3)C1)C2. The quantitative estimate of drug-likeness (QED) is 0.580. The zero-order valence-electron chi connectivity index (χ0n) is 19.4. The van der Waals surface area contributed by atoms with E-state index in [9.17, 15) is 9.59 Å². The van der Waals surface area contributed by atoms with Gasteiger partial charge >= 0.3 is 6.03 Å². The smallest absolute Gasteiger partial charge is 0.321 e. The van der Waals surface area contributed by atoms with Crippen molar-refractivity contribution in [3.63, 3.8) is 0 Å². The molecule has 9 nitrogen and oxygen atoms in total. The first-order chi connectivity index (χ1) is 16.6. The second kappa shape index (κ2) is 8.94. The first-order valence-corrected chi connectivity index (χ1v) is 13.5. The van der Waals surface area contributed by atoms with Gasteiger partial charge in [-0.15, -0.1) is 10.2 Å². The first kappa shape index (κ1) is 22.0. The van der Waals surface area contributed by atoms with E-state index in [0.29, 0.717) is 11.7 Å². The number of anilines is 1. The van der Waals surface area contributed by atoms with Crippen LogP contribution in [0.2, 0.25) is 0 Å². The van der Waals surface area contributed by atoms with Gasteiger partial charge in [-0.1, -0.05) is 11.8 Å². The monoisotopic (exact) mass is 484 g/mol. The highest BCUT2D eigenvalue weighted by Gasteiger charge is 2.51. The summed E-state index contributed by atoms with van der Waals surface area (Å²) < 4.78 is 7.53. The van der Waals surface area contributed by atoms with Gasteiger partial charge in [0.1, 0.15) is 5.76 Å². The Morgan fingerprint density at radius 3 is 2.44 bits per heavy atom. The van der Waals surface area contributed by atoms with Crippen LogP contribution in [0.25, 0.3) is 0 Å². The van der Waals surface area contributed by atoms with Crippen LogP contribution in [0.1, 0.15) is 57.1 Å². The van der Waals surface area contributed by atoms with Crippen molar-refractivity contribution in [1.29, 1.82) is 0 Å². The van der Waals surface area contributed by atoms with E-state index >= 15 is 0 Å². The summed E-state index contributed by atoms with van der Waals surface area (Å²) in [6.45, 7) is 2.40. The van der Waals surface area contributed by atoms with E-state index < -0.39 is 0 Å². The fourth-order valence-electron chi connectivity index (χ4n) is 7.06. The Balaban J connectivity index is 1.07. The van der Waals surface area contributed by atoms with Crippen molar-refractivity contribution in [1.82, 2.24) is 25.4 Å². The molecule has 0 unspecified atom stereocenters. The van der Waals surface area contributed by atoms with Crippen LogP contribution in [0.15, 0.2) is 28.0 Å². The van der Waals surface area contributed by atoms with Gasteiger partial charge in [0.05, 0.1) is 18.6 Å². The normalized spacial score (nSPS) is 29.5. The van der Waals surface area contributed by atoms with E-state index in [-0.39, 0.29) is 23.2 Å². The fraction of sp³-hybridized carbons (Fsp3) is 0.667. The third kappa shape index (κ3) is 4.44. The summed E-state index contributed by atoms with van der Waals surface area (Å²) in [5, 5.41) is 15.2. The molecule has 0 spiro atoms. The Bertz CT molecular complexity index is 1010. The molecule has 0 radical (unpaired) electrons. The van der Waals surface area contributed by atoms with Crippen molar-refractivity contribution in [2.75, 3.05) is 23.7 Å². The van der Waals surface area contributed by atoms with E-state index in [0.717, 1.165) is 74.7 Å². The Hall–Kier alpha value is -2.49. The molecular weight excluding hydrogens is 452 g/mol. The molecule has 5 fully saturated rings. The van der Waals surface area contributed by atoms with E-state index in [4.69, 9.17) is 4.42 Å². The highest BCUT2D eigenvalue weighted by atomic mass is 32.2. The van der Waals surface area contributed by atoms with Crippen LogP contribution in [0.3, 0.4) is 0 Å². The predicted molar refractivity (Wildman–Crippen MR) is 128 cm³/mol. The molecule has 0 atom stereocenters. The fourth-order valence-corrected chi connectivity index (χ4v) is 7.80. The van der Waals surface area contributed by atoms with Crippen LogP contribution < -0.4 is 15.5 Å². The molecule has 1 saturated heterocycles. The maximum absolute atomic E-state index is 12.7. The summed E-state index contributed by atoms with van der Waals surface area (Å²) in [5.74, 6) is 3.61. The van der Waals surface area contributed by atoms with Crippen molar-refractivity contribution in [3.8, 4) is 0 Å².